The van der Waals surface area contributed by atoms with Crippen molar-refractivity contribution >= 4 is 16.6 Å². The van der Waals surface area contributed by atoms with Crippen molar-refractivity contribution in [1.82, 2.24) is 4.98 Å². The molecule has 0 saturated heterocycles. The minimum absolute atomic E-state index is 0.785. The molecule has 4 nitrogen and oxygen atoms in total. The molecule has 2 aromatic rings. The Morgan fingerprint density at radius 2 is 2.00 bits per heavy atom. The van der Waals surface area contributed by atoms with E-state index in [4.69, 9.17) is 5.53 Å². The second-order valence-electron chi connectivity index (χ2n) is 4.30. The molecule has 0 N–H and O–H groups in total. The Bertz CT molecular complexity index is 627. The van der Waals surface area contributed by atoms with Crippen molar-refractivity contribution in [3.63, 3.8) is 0 Å². The van der Waals surface area contributed by atoms with Crippen LogP contribution in [0.3, 0.4) is 0 Å². The zero-order valence-electron chi connectivity index (χ0n) is 9.43. The van der Waals surface area contributed by atoms with Gasteiger partial charge < -0.3 is 0 Å². The lowest BCUT2D eigenvalue weighted by molar-refractivity contribution is 0.672. The summed E-state index contributed by atoms with van der Waals surface area (Å²) in [5.41, 5.74) is 12.7. The largest absolute Gasteiger partial charge is 0.253 e. The number of aromatic nitrogens is 1. The standard InChI is InChI=1S/C13H12N4/c14-17-16-13-9-5-1-3-7-11(9)15-12-8-4-2-6-10(12)13/h1,3,5,7H,2,4,6,8H2. The van der Waals surface area contributed by atoms with Gasteiger partial charge in [-0.05, 0) is 42.8 Å². The quantitative estimate of drug-likeness (QED) is 0.409. The molecule has 0 unspecified atom stereocenters. The van der Waals surface area contributed by atoms with Crippen molar-refractivity contribution in [3.05, 3.63) is 46.0 Å². The first kappa shape index (κ1) is 10.1. The summed E-state index contributed by atoms with van der Waals surface area (Å²) < 4.78 is 0. The Kier molecular flexibility index (Phi) is 2.42. The number of benzene rings is 1. The first-order valence-electron chi connectivity index (χ1n) is 5.86. The fourth-order valence-corrected chi connectivity index (χ4v) is 2.51. The monoisotopic (exact) mass is 224 g/mol. The maximum atomic E-state index is 8.72. The second kappa shape index (κ2) is 4.07. The fourth-order valence-electron chi connectivity index (χ4n) is 2.51. The number of pyridine rings is 1. The van der Waals surface area contributed by atoms with Crippen molar-refractivity contribution in [2.24, 2.45) is 5.11 Å². The second-order valence-corrected chi connectivity index (χ2v) is 4.30. The summed E-state index contributed by atoms with van der Waals surface area (Å²) in [6, 6.07) is 7.86. The summed E-state index contributed by atoms with van der Waals surface area (Å²) in [5.74, 6) is 0. The molecule has 0 amide bonds. The number of nitrogens with zero attached hydrogens (tertiary/aromatic N) is 4. The highest BCUT2D eigenvalue weighted by atomic mass is 15.1. The Balaban J connectivity index is 2.40. The van der Waals surface area contributed by atoms with Crippen LogP contribution in [-0.2, 0) is 12.8 Å². The van der Waals surface area contributed by atoms with Crippen LogP contribution in [0.15, 0.2) is 29.4 Å². The van der Waals surface area contributed by atoms with E-state index in [0.717, 1.165) is 47.1 Å². The third-order valence-corrected chi connectivity index (χ3v) is 3.28. The van der Waals surface area contributed by atoms with Crippen molar-refractivity contribution in [2.45, 2.75) is 25.7 Å². The lowest BCUT2D eigenvalue weighted by Crippen LogP contribution is -2.05. The molecule has 1 aliphatic carbocycles. The molecule has 0 spiro atoms. The average Bonchev–Trinajstić information content (AvgIpc) is 2.39. The van der Waals surface area contributed by atoms with Crippen LogP contribution in [0.25, 0.3) is 21.3 Å². The van der Waals surface area contributed by atoms with Crippen molar-refractivity contribution in [1.29, 1.82) is 0 Å². The number of hydrogen-bond acceptors (Lipinski definition) is 2. The van der Waals surface area contributed by atoms with Crippen LogP contribution in [-0.4, -0.2) is 4.98 Å². The van der Waals surface area contributed by atoms with E-state index >= 15 is 0 Å². The van der Waals surface area contributed by atoms with Crippen LogP contribution in [0, 0.1) is 0 Å². The lowest BCUT2D eigenvalue weighted by Gasteiger charge is -2.18. The number of azide groups is 1. The predicted molar refractivity (Wildman–Crippen MR) is 67.2 cm³/mol. The van der Waals surface area contributed by atoms with Crippen LogP contribution in [0.4, 0.5) is 5.69 Å². The van der Waals surface area contributed by atoms with Gasteiger partial charge in [-0.25, -0.2) is 0 Å². The summed E-state index contributed by atoms with van der Waals surface area (Å²) in [7, 11) is 0. The summed E-state index contributed by atoms with van der Waals surface area (Å²) in [5, 5.41) is 4.85. The summed E-state index contributed by atoms with van der Waals surface area (Å²) in [6.07, 6.45) is 4.30. The molecule has 84 valence electrons. The maximum absolute atomic E-state index is 8.72. The fraction of sp³-hybridized carbons (Fsp3) is 0.308. The van der Waals surface area contributed by atoms with Crippen LogP contribution in [0.1, 0.15) is 24.1 Å². The van der Waals surface area contributed by atoms with E-state index in [0.29, 0.717) is 0 Å². The minimum atomic E-state index is 0.785. The molecule has 17 heavy (non-hydrogen) atoms. The minimum Gasteiger partial charge on any atom is -0.253 e. The first-order valence-corrected chi connectivity index (χ1v) is 5.86. The zero-order chi connectivity index (χ0) is 11.7. The van der Waals surface area contributed by atoms with Gasteiger partial charge in [0, 0.05) is 16.0 Å². The smallest absolute Gasteiger partial charge is 0.0710 e. The molecule has 1 aliphatic rings. The molecule has 0 bridgehead atoms. The summed E-state index contributed by atoms with van der Waals surface area (Å²) in [4.78, 5) is 7.64. The Morgan fingerprint density at radius 3 is 2.88 bits per heavy atom. The third-order valence-electron chi connectivity index (χ3n) is 3.28. The van der Waals surface area contributed by atoms with Gasteiger partial charge in [0.2, 0.25) is 0 Å². The topological polar surface area (TPSA) is 61.7 Å². The molecule has 1 aromatic heterocycles. The zero-order valence-corrected chi connectivity index (χ0v) is 9.43. The molecule has 0 fully saturated rings. The van der Waals surface area contributed by atoms with Crippen LogP contribution < -0.4 is 0 Å². The Hall–Kier alpha value is -2.06. The number of rotatable bonds is 1. The van der Waals surface area contributed by atoms with E-state index < -0.39 is 0 Å². The Labute approximate surface area is 98.9 Å². The van der Waals surface area contributed by atoms with Crippen LogP contribution in [0.2, 0.25) is 0 Å². The maximum Gasteiger partial charge on any atom is 0.0710 e. The Morgan fingerprint density at radius 1 is 1.18 bits per heavy atom. The molecular formula is C13H12N4. The molecular weight excluding hydrogens is 212 g/mol. The van der Waals surface area contributed by atoms with Gasteiger partial charge in [0.25, 0.3) is 0 Å². The number of para-hydroxylation sites is 1. The number of fused-ring (bicyclic) bond motifs is 2. The van der Waals surface area contributed by atoms with E-state index in [1.807, 2.05) is 24.3 Å². The molecule has 0 radical (unpaired) electrons. The third kappa shape index (κ3) is 1.63. The molecule has 0 aliphatic heterocycles. The number of aryl methyl sites for hydroxylation is 1. The van der Waals surface area contributed by atoms with Gasteiger partial charge in [-0.15, -0.1) is 0 Å². The van der Waals surface area contributed by atoms with Gasteiger partial charge in [-0.1, -0.05) is 23.3 Å². The van der Waals surface area contributed by atoms with Crippen molar-refractivity contribution < 1.29 is 0 Å². The highest BCUT2D eigenvalue weighted by molar-refractivity contribution is 5.91. The van der Waals surface area contributed by atoms with Gasteiger partial charge in [-0.2, -0.15) is 0 Å². The van der Waals surface area contributed by atoms with Crippen molar-refractivity contribution in [3.8, 4) is 0 Å². The van der Waals surface area contributed by atoms with Crippen molar-refractivity contribution in [2.75, 3.05) is 0 Å². The van der Waals surface area contributed by atoms with E-state index in [2.05, 4.69) is 15.0 Å². The van der Waals surface area contributed by atoms with Gasteiger partial charge in [0.15, 0.2) is 0 Å². The highest BCUT2D eigenvalue weighted by Crippen LogP contribution is 2.35. The molecule has 0 saturated carbocycles. The van der Waals surface area contributed by atoms with E-state index in [1.165, 1.54) is 6.42 Å². The van der Waals surface area contributed by atoms with E-state index in [-0.39, 0.29) is 0 Å². The normalized spacial score (nSPS) is 14.1. The molecule has 1 aromatic carbocycles. The van der Waals surface area contributed by atoms with Crippen LogP contribution >= 0.6 is 0 Å². The molecule has 0 atom stereocenters. The van der Waals surface area contributed by atoms with E-state index in [9.17, 15) is 0 Å². The highest BCUT2D eigenvalue weighted by Gasteiger charge is 2.16. The van der Waals surface area contributed by atoms with Gasteiger partial charge in [-0.3, -0.25) is 4.98 Å². The van der Waals surface area contributed by atoms with Gasteiger partial charge in [0.1, 0.15) is 0 Å². The van der Waals surface area contributed by atoms with Gasteiger partial charge >= 0.3 is 0 Å². The molecule has 1 heterocycles. The predicted octanol–water partition coefficient (Wildman–Crippen LogP) is 4.06. The SMILES string of the molecule is [N-]=[N+]=Nc1c2c(nc3ccccc13)CCCC2. The summed E-state index contributed by atoms with van der Waals surface area (Å²) in [6.45, 7) is 0. The average molecular weight is 224 g/mol. The molecule has 3 rings (SSSR count). The summed E-state index contributed by atoms with van der Waals surface area (Å²) >= 11 is 0. The van der Waals surface area contributed by atoms with Crippen LogP contribution in [0.5, 0.6) is 0 Å². The van der Waals surface area contributed by atoms with E-state index in [1.54, 1.807) is 0 Å². The first-order chi connectivity index (χ1) is 8.40. The van der Waals surface area contributed by atoms with Gasteiger partial charge in [0.05, 0.1) is 11.2 Å². The number of hydrogen-bond donors (Lipinski definition) is 0. The lowest BCUT2D eigenvalue weighted by atomic mass is 9.93. The molecule has 4 heteroatoms.